The van der Waals surface area contributed by atoms with Gasteiger partial charge in [0.1, 0.15) is 18.1 Å². The molecule has 0 unspecified atom stereocenters. The maximum atomic E-state index is 11.3. The van der Waals surface area contributed by atoms with Gasteiger partial charge in [-0.3, -0.25) is 4.79 Å². The van der Waals surface area contributed by atoms with Gasteiger partial charge in [0.05, 0.1) is 17.2 Å². The second-order valence-corrected chi connectivity index (χ2v) is 4.33. The Hall–Kier alpha value is -2.80. The first-order valence-electron chi connectivity index (χ1n) is 6.06. The molecule has 2 aromatic rings. The van der Waals surface area contributed by atoms with Crippen molar-refractivity contribution in [1.29, 1.82) is 5.26 Å². The number of carbonyl (C=O) groups excluding carboxylic acids is 1. The summed E-state index contributed by atoms with van der Waals surface area (Å²) < 4.78 is 5.57. The summed E-state index contributed by atoms with van der Waals surface area (Å²) in [5.41, 5.74) is 1.75. The smallest absolute Gasteiger partial charge is 0.163 e. The van der Waals surface area contributed by atoms with Gasteiger partial charge < -0.3 is 9.84 Å². The molecule has 0 fully saturated rings. The number of Topliss-reactive ketones (excluding diaryl/α,β-unsaturated/α-hetero) is 1. The minimum Gasteiger partial charge on any atom is -0.507 e. The van der Waals surface area contributed by atoms with E-state index in [9.17, 15) is 9.90 Å². The largest absolute Gasteiger partial charge is 0.507 e. The number of aromatic hydroxyl groups is 1. The second-order valence-electron chi connectivity index (χ2n) is 4.33. The highest BCUT2D eigenvalue weighted by Crippen LogP contribution is 2.24. The van der Waals surface area contributed by atoms with Crippen LogP contribution < -0.4 is 4.74 Å². The Morgan fingerprint density at radius 2 is 1.95 bits per heavy atom. The number of phenols is 1. The summed E-state index contributed by atoms with van der Waals surface area (Å²) >= 11 is 0. The number of carbonyl (C=O) groups is 1. The molecule has 0 bridgehead atoms. The van der Waals surface area contributed by atoms with Gasteiger partial charge in [-0.05, 0) is 42.8 Å². The van der Waals surface area contributed by atoms with Crippen molar-refractivity contribution in [2.45, 2.75) is 13.5 Å². The molecular weight excluding hydrogens is 254 g/mol. The molecule has 0 saturated carbocycles. The van der Waals surface area contributed by atoms with Crippen LogP contribution in [0.25, 0.3) is 0 Å². The summed E-state index contributed by atoms with van der Waals surface area (Å²) in [4.78, 5) is 11.3. The molecule has 2 rings (SSSR count). The predicted molar refractivity (Wildman–Crippen MR) is 73.6 cm³/mol. The summed E-state index contributed by atoms with van der Waals surface area (Å²) in [7, 11) is 0. The zero-order valence-corrected chi connectivity index (χ0v) is 11.0. The fourth-order valence-corrected chi connectivity index (χ4v) is 1.73. The number of benzene rings is 2. The number of phenolic OH excluding ortho intramolecular Hbond substituents is 1. The normalized spacial score (nSPS) is 9.80. The number of nitriles is 1. The molecule has 1 N–H and O–H groups in total. The molecule has 0 amide bonds. The summed E-state index contributed by atoms with van der Waals surface area (Å²) in [5.74, 6) is 0.243. The Kier molecular flexibility index (Phi) is 4.02. The first kappa shape index (κ1) is 13.6. The SMILES string of the molecule is CC(=O)c1cc(OCc2ccc(C#N)cc2)ccc1O. The van der Waals surface area contributed by atoms with Crippen LogP contribution in [0.15, 0.2) is 42.5 Å². The van der Waals surface area contributed by atoms with Gasteiger partial charge in [-0.25, -0.2) is 0 Å². The molecule has 0 spiro atoms. The minimum atomic E-state index is -0.216. The van der Waals surface area contributed by atoms with Crippen LogP contribution in [0.4, 0.5) is 0 Å². The maximum absolute atomic E-state index is 11.3. The quantitative estimate of drug-likeness (QED) is 0.864. The lowest BCUT2D eigenvalue weighted by Gasteiger charge is -2.08. The van der Waals surface area contributed by atoms with Crippen LogP contribution in [0.5, 0.6) is 11.5 Å². The van der Waals surface area contributed by atoms with E-state index in [1.165, 1.54) is 19.1 Å². The molecule has 4 heteroatoms. The van der Waals surface area contributed by atoms with E-state index in [2.05, 4.69) is 0 Å². The van der Waals surface area contributed by atoms with Crippen molar-refractivity contribution < 1.29 is 14.6 Å². The zero-order valence-electron chi connectivity index (χ0n) is 11.0. The summed E-state index contributed by atoms with van der Waals surface area (Å²) in [6.07, 6.45) is 0. The summed E-state index contributed by atoms with van der Waals surface area (Å²) in [6.45, 7) is 1.72. The van der Waals surface area contributed by atoms with Gasteiger partial charge in [0, 0.05) is 0 Å². The third-order valence-electron chi connectivity index (χ3n) is 2.84. The Labute approximate surface area is 116 Å². The Morgan fingerprint density at radius 1 is 1.25 bits per heavy atom. The van der Waals surface area contributed by atoms with Crippen LogP contribution in [-0.4, -0.2) is 10.9 Å². The van der Waals surface area contributed by atoms with Gasteiger partial charge >= 0.3 is 0 Å². The molecule has 20 heavy (non-hydrogen) atoms. The minimum absolute atomic E-state index is 0.0526. The Bertz CT molecular complexity index is 669. The molecule has 0 radical (unpaired) electrons. The van der Waals surface area contributed by atoms with Crippen LogP contribution in [0.2, 0.25) is 0 Å². The van der Waals surface area contributed by atoms with Gasteiger partial charge in [-0.15, -0.1) is 0 Å². The summed E-state index contributed by atoms with van der Waals surface area (Å²) in [6, 6.07) is 13.7. The van der Waals surface area contributed by atoms with Crippen LogP contribution in [0.1, 0.15) is 28.4 Å². The van der Waals surface area contributed by atoms with Crippen molar-refractivity contribution in [3.63, 3.8) is 0 Å². The first-order valence-corrected chi connectivity index (χ1v) is 6.06. The highest BCUT2D eigenvalue weighted by Gasteiger charge is 2.08. The van der Waals surface area contributed by atoms with Crippen LogP contribution in [0.3, 0.4) is 0 Å². The van der Waals surface area contributed by atoms with E-state index in [1.807, 2.05) is 18.2 Å². The molecule has 0 atom stereocenters. The topological polar surface area (TPSA) is 70.3 Å². The molecular formula is C16H13NO3. The number of hydrogen-bond donors (Lipinski definition) is 1. The standard InChI is InChI=1S/C16H13NO3/c1-11(18)15-8-14(6-7-16(15)19)20-10-13-4-2-12(9-17)3-5-13/h2-8,19H,10H2,1H3. The summed E-state index contributed by atoms with van der Waals surface area (Å²) in [5, 5.41) is 18.2. The van der Waals surface area contributed by atoms with Gasteiger partial charge in [0.25, 0.3) is 0 Å². The number of ether oxygens (including phenoxy) is 1. The number of nitrogens with zero attached hydrogens (tertiary/aromatic N) is 1. The van der Waals surface area contributed by atoms with Crippen molar-refractivity contribution in [3.05, 3.63) is 59.2 Å². The average molecular weight is 267 g/mol. The van der Waals surface area contributed by atoms with Gasteiger partial charge in [-0.2, -0.15) is 5.26 Å². The first-order chi connectivity index (χ1) is 9.60. The lowest BCUT2D eigenvalue weighted by molar-refractivity contribution is 0.101. The fourth-order valence-electron chi connectivity index (χ4n) is 1.73. The van der Waals surface area contributed by atoms with Crippen molar-refractivity contribution in [2.24, 2.45) is 0 Å². The molecule has 0 saturated heterocycles. The number of hydrogen-bond acceptors (Lipinski definition) is 4. The molecule has 4 nitrogen and oxygen atoms in total. The monoisotopic (exact) mass is 267 g/mol. The fraction of sp³-hybridized carbons (Fsp3) is 0.125. The van der Waals surface area contributed by atoms with Gasteiger partial charge in [-0.1, -0.05) is 12.1 Å². The molecule has 2 aromatic carbocycles. The molecule has 0 aromatic heterocycles. The lowest BCUT2D eigenvalue weighted by atomic mass is 10.1. The van der Waals surface area contributed by atoms with E-state index in [0.29, 0.717) is 17.9 Å². The van der Waals surface area contributed by atoms with Crippen molar-refractivity contribution >= 4 is 5.78 Å². The lowest BCUT2D eigenvalue weighted by Crippen LogP contribution is -1.98. The van der Waals surface area contributed by atoms with E-state index in [-0.39, 0.29) is 17.1 Å². The van der Waals surface area contributed by atoms with Crippen LogP contribution in [-0.2, 0) is 6.61 Å². The van der Waals surface area contributed by atoms with E-state index < -0.39 is 0 Å². The number of rotatable bonds is 4. The molecule has 0 aliphatic carbocycles. The molecule has 100 valence electrons. The number of ketones is 1. The zero-order chi connectivity index (χ0) is 14.5. The Morgan fingerprint density at radius 3 is 2.55 bits per heavy atom. The molecule has 0 heterocycles. The third kappa shape index (κ3) is 3.15. The third-order valence-corrected chi connectivity index (χ3v) is 2.84. The Balaban J connectivity index is 2.09. The van der Waals surface area contributed by atoms with E-state index in [1.54, 1.807) is 18.2 Å². The van der Waals surface area contributed by atoms with Crippen molar-refractivity contribution in [2.75, 3.05) is 0 Å². The van der Waals surface area contributed by atoms with Crippen molar-refractivity contribution in [1.82, 2.24) is 0 Å². The average Bonchev–Trinajstić information content (AvgIpc) is 2.46. The van der Waals surface area contributed by atoms with Gasteiger partial charge in [0.2, 0.25) is 0 Å². The second kappa shape index (κ2) is 5.89. The van der Waals surface area contributed by atoms with E-state index in [4.69, 9.17) is 10.00 Å². The van der Waals surface area contributed by atoms with Crippen molar-refractivity contribution in [3.8, 4) is 17.6 Å². The molecule has 0 aliphatic rings. The van der Waals surface area contributed by atoms with E-state index >= 15 is 0 Å². The maximum Gasteiger partial charge on any atom is 0.163 e. The highest BCUT2D eigenvalue weighted by molar-refractivity contribution is 5.97. The predicted octanol–water partition coefficient (Wildman–Crippen LogP) is 3.05. The van der Waals surface area contributed by atoms with Crippen LogP contribution >= 0.6 is 0 Å². The van der Waals surface area contributed by atoms with E-state index in [0.717, 1.165) is 5.56 Å². The molecule has 0 aliphatic heterocycles. The highest BCUT2D eigenvalue weighted by atomic mass is 16.5. The van der Waals surface area contributed by atoms with Gasteiger partial charge in [0.15, 0.2) is 5.78 Å². The van der Waals surface area contributed by atoms with Crippen LogP contribution in [0, 0.1) is 11.3 Å².